The Labute approximate surface area is 238 Å². The average molecular weight is 556 g/mol. The topological polar surface area (TPSA) is 72.9 Å². The molecule has 0 aromatic rings. The van der Waals surface area contributed by atoms with Crippen molar-refractivity contribution >= 4 is 29.6 Å². The molecule has 1 amide bonds. The summed E-state index contributed by atoms with van der Waals surface area (Å²) in [6.45, 7) is 13.7. The van der Waals surface area contributed by atoms with Gasteiger partial charge in [0, 0.05) is 24.5 Å². The van der Waals surface area contributed by atoms with E-state index in [0.29, 0.717) is 12.3 Å². The van der Waals surface area contributed by atoms with Crippen LogP contribution in [-0.2, 0) is 23.9 Å². The SMILES string of the molecule is CCN(CC(=O)OC)C(=O)CC(CSC/C=C(\C)CCCC(C)CCCC(C)CCCC(C)C)C(=O)OC. The van der Waals surface area contributed by atoms with E-state index in [4.69, 9.17) is 4.74 Å². The minimum absolute atomic E-state index is 0.0296. The molecule has 3 unspecified atom stereocenters. The molecule has 6 nitrogen and oxygen atoms in total. The van der Waals surface area contributed by atoms with Crippen LogP contribution in [0.15, 0.2) is 11.6 Å². The van der Waals surface area contributed by atoms with Gasteiger partial charge < -0.3 is 14.4 Å². The van der Waals surface area contributed by atoms with E-state index in [2.05, 4.69) is 45.4 Å². The highest BCUT2D eigenvalue weighted by molar-refractivity contribution is 7.99. The highest BCUT2D eigenvalue weighted by Gasteiger charge is 2.26. The van der Waals surface area contributed by atoms with Gasteiger partial charge in [-0.15, -0.1) is 0 Å². The first kappa shape index (κ1) is 36.5. The Kier molecular flexibility index (Phi) is 21.4. The first-order valence-electron chi connectivity index (χ1n) is 14.7. The summed E-state index contributed by atoms with van der Waals surface area (Å²) in [7, 11) is 2.64. The Morgan fingerprint density at radius 2 is 1.45 bits per heavy atom. The fourth-order valence-corrected chi connectivity index (χ4v) is 5.61. The van der Waals surface area contributed by atoms with E-state index in [0.717, 1.165) is 29.9 Å². The number of carbonyl (C=O) groups is 3. The zero-order chi connectivity index (χ0) is 28.9. The molecule has 222 valence electrons. The molecule has 0 aliphatic heterocycles. The zero-order valence-electron chi connectivity index (χ0n) is 25.7. The molecule has 0 N–H and O–H groups in total. The highest BCUT2D eigenvalue weighted by atomic mass is 32.2. The molecule has 0 saturated carbocycles. The molecule has 0 rings (SSSR count). The van der Waals surface area contributed by atoms with Gasteiger partial charge in [0.2, 0.25) is 5.91 Å². The van der Waals surface area contributed by atoms with Crippen LogP contribution in [0.25, 0.3) is 0 Å². The van der Waals surface area contributed by atoms with E-state index in [1.807, 2.05) is 0 Å². The maximum Gasteiger partial charge on any atom is 0.325 e. The number of hydrogen-bond donors (Lipinski definition) is 0. The van der Waals surface area contributed by atoms with Crippen molar-refractivity contribution < 1.29 is 23.9 Å². The van der Waals surface area contributed by atoms with Gasteiger partial charge in [0.05, 0.1) is 20.1 Å². The summed E-state index contributed by atoms with van der Waals surface area (Å²) < 4.78 is 9.58. The van der Waals surface area contributed by atoms with Gasteiger partial charge in [-0.3, -0.25) is 14.4 Å². The van der Waals surface area contributed by atoms with E-state index in [1.165, 1.54) is 76.1 Å². The van der Waals surface area contributed by atoms with Crippen LogP contribution in [0.3, 0.4) is 0 Å². The van der Waals surface area contributed by atoms with Gasteiger partial charge in [-0.1, -0.05) is 84.3 Å². The van der Waals surface area contributed by atoms with Gasteiger partial charge in [-0.2, -0.15) is 11.8 Å². The highest BCUT2D eigenvalue weighted by Crippen LogP contribution is 2.22. The molecular weight excluding hydrogens is 498 g/mol. The molecule has 0 aliphatic carbocycles. The quantitative estimate of drug-likeness (QED) is 0.0792. The summed E-state index contributed by atoms with van der Waals surface area (Å²) in [5.74, 6) is 2.13. The van der Waals surface area contributed by atoms with Crippen LogP contribution in [0.2, 0.25) is 0 Å². The summed E-state index contributed by atoms with van der Waals surface area (Å²) >= 11 is 1.63. The largest absolute Gasteiger partial charge is 0.469 e. The minimum Gasteiger partial charge on any atom is -0.469 e. The van der Waals surface area contributed by atoms with Crippen LogP contribution in [0.5, 0.6) is 0 Å². The minimum atomic E-state index is -0.531. The maximum absolute atomic E-state index is 12.6. The molecule has 0 radical (unpaired) electrons. The van der Waals surface area contributed by atoms with Gasteiger partial charge in [-0.05, 0) is 44.4 Å². The number of carbonyl (C=O) groups excluding carboxylic acids is 3. The number of likely N-dealkylation sites (N-methyl/N-ethyl adjacent to an activating group) is 1. The molecule has 0 saturated heterocycles. The van der Waals surface area contributed by atoms with Crippen molar-refractivity contribution in [3.05, 3.63) is 11.6 Å². The lowest BCUT2D eigenvalue weighted by Gasteiger charge is -2.22. The molecule has 3 atom stereocenters. The summed E-state index contributed by atoms with van der Waals surface area (Å²) in [4.78, 5) is 37.8. The number of hydrogen-bond acceptors (Lipinski definition) is 6. The molecule has 0 aromatic heterocycles. The van der Waals surface area contributed by atoms with Crippen molar-refractivity contribution in [1.82, 2.24) is 4.90 Å². The van der Waals surface area contributed by atoms with Crippen molar-refractivity contribution in [2.24, 2.45) is 23.7 Å². The van der Waals surface area contributed by atoms with Crippen molar-refractivity contribution in [3.63, 3.8) is 0 Å². The van der Waals surface area contributed by atoms with E-state index >= 15 is 0 Å². The third-order valence-corrected chi connectivity index (χ3v) is 8.29. The maximum atomic E-state index is 12.6. The van der Waals surface area contributed by atoms with Gasteiger partial charge in [0.25, 0.3) is 0 Å². The third kappa shape index (κ3) is 18.7. The number of allylic oxidation sites excluding steroid dienone is 1. The Balaban J connectivity index is 4.30. The van der Waals surface area contributed by atoms with E-state index < -0.39 is 11.9 Å². The number of rotatable bonds is 22. The molecule has 0 fully saturated rings. The molecule has 0 aliphatic rings. The average Bonchev–Trinajstić information content (AvgIpc) is 2.87. The van der Waals surface area contributed by atoms with E-state index in [9.17, 15) is 14.4 Å². The van der Waals surface area contributed by atoms with E-state index in [1.54, 1.807) is 18.7 Å². The monoisotopic (exact) mass is 555 g/mol. The number of thioether (sulfide) groups is 1. The molecule has 0 aromatic carbocycles. The molecular formula is C31H57NO5S. The first-order chi connectivity index (χ1) is 18.0. The number of ether oxygens (including phenoxy) is 2. The summed E-state index contributed by atoms with van der Waals surface area (Å²) in [5, 5.41) is 0. The molecule has 0 bridgehead atoms. The van der Waals surface area contributed by atoms with Gasteiger partial charge in [-0.25, -0.2) is 0 Å². The standard InChI is InChI=1S/C31H57NO5S/c1-9-32(22-30(34)36-7)29(33)21-28(31(35)37-8)23-38-20-19-27(6)18-12-17-26(5)16-11-15-25(4)14-10-13-24(2)3/h19,24-26,28H,9-18,20-23H2,1-8H3/b27-19+. The molecule has 0 spiro atoms. The van der Waals surface area contributed by atoms with Crippen molar-refractivity contribution in [2.45, 2.75) is 106 Å². The summed E-state index contributed by atoms with van der Waals surface area (Å²) in [5.41, 5.74) is 1.38. The van der Waals surface area contributed by atoms with Gasteiger partial charge >= 0.3 is 11.9 Å². The van der Waals surface area contributed by atoms with E-state index in [-0.39, 0.29) is 24.8 Å². The van der Waals surface area contributed by atoms with Crippen LogP contribution in [0.4, 0.5) is 0 Å². The fraction of sp³-hybridized carbons (Fsp3) is 0.839. The first-order valence-corrected chi connectivity index (χ1v) is 15.8. The predicted octanol–water partition coefficient (Wildman–Crippen LogP) is 7.31. The number of amides is 1. The third-order valence-electron chi connectivity index (χ3n) is 7.25. The van der Waals surface area contributed by atoms with Gasteiger partial charge in [0.15, 0.2) is 0 Å². The van der Waals surface area contributed by atoms with Crippen molar-refractivity contribution in [3.8, 4) is 0 Å². The summed E-state index contributed by atoms with van der Waals surface area (Å²) in [6.07, 6.45) is 14.0. The smallest absolute Gasteiger partial charge is 0.325 e. The Morgan fingerprint density at radius 3 is 1.97 bits per heavy atom. The van der Waals surface area contributed by atoms with Crippen LogP contribution in [0.1, 0.15) is 106 Å². The number of methoxy groups -OCH3 is 2. The van der Waals surface area contributed by atoms with Crippen molar-refractivity contribution in [2.75, 3.05) is 38.8 Å². The molecule has 0 heterocycles. The zero-order valence-corrected chi connectivity index (χ0v) is 26.5. The number of esters is 2. The van der Waals surface area contributed by atoms with Crippen LogP contribution >= 0.6 is 11.8 Å². The Hall–Kier alpha value is -1.50. The second-order valence-electron chi connectivity index (χ2n) is 11.4. The predicted molar refractivity (Wildman–Crippen MR) is 160 cm³/mol. The Bertz CT molecular complexity index is 694. The van der Waals surface area contributed by atoms with Gasteiger partial charge in [0.1, 0.15) is 6.54 Å². The second kappa shape index (κ2) is 22.3. The molecule has 7 heteroatoms. The lowest BCUT2D eigenvalue weighted by molar-refractivity contribution is -0.150. The normalized spacial score (nSPS) is 14.2. The lowest BCUT2D eigenvalue weighted by atomic mass is 9.91. The fourth-order valence-electron chi connectivity index (χ4n) is 4.53. The lowest BCUT2D eigenvalue weighted by Crippen LogP contribution is -2.38. The molecule has 38 heavy (non-hydrogen) atoms. The van der Waals surface area contributed by atoms with Crippen LogP contribution in [-0.4, -0.2) is 61.6 Å². The van der Waals surface area contributed by atoms with Crippen LogP contribution in [0, 0.1) is 23.7 Å². The number of nitrogens with zero attached hydrogens (tertiary/aromatic N) is 1. The van der Waals surface area contributed by atoms with Crippen molar-refractivity contribution in [1.29, 1.82) is 0 Å². The Morgan fingerprint density at radius 1 is 0.868 bits per heavy atom. The van der Waals surface area contributed by atoms with Crippen LogP contribution < -0.4 is 0 Å². The summed E-state index contributed by atoms with van der Waals surface area (Å²) in [6, 6.07) is 0. The second-order valence-corrected chi connectivity index (χ2v) is 12.4.